The number of nitrogen functional groups attached to an aromatic ring is 1. The average Bonchev–Trinajstić information content (AvgIpc) is 3.00. The summed E-state index contributed by atoms with van der Waals surface area (Å²) >= 11 is 3.50. The van der Waals surface area contributed by atoms with E-state index >= 15 is 0 Å². The van der Waals surface area contributed by atoms with E-state index in [4.69, 9.17) is 10.5 Å². The van der Waals surface area contributed by atoms with Gasteiger partial charge in [-0.25, -0.2) is 4.98 Å². The third kappa shape index (κ3) is 3.31. The number of nitrogens with one attached hydrogen (secondary N) is 1. The highest BCUT2D eigenvalue weighted by molar-refractivity contribution is 9.09. The zero-order valence-corrected chi connectivity index (χ0v) is 16.0. The maximum absolute atomic E-state index is 11.9. The van der Waals surface area contributed by atoms with Crippen LogP contribution in [-0.2, 0) is 4.74 Å². The van der Waals surface area contributed by atoms with Gasteiger partial charge in [0.15, 0.2) is 17.4 Å². The molecule has 4 atom stereocenters. The van der Waals surface area contributed by atoms with Gasteiger partial charge in [-0.3, -0.25) is 14.3 Å². The van der Waals surface area contributed by atoms with E-state index in [1.165, 1.54) is 6.33 Å². The Hall–Kier alpha value is -1.15. The Morgan fingerprint density at radius 1 is 1.58 bits per heavy atom. The zero-order chi connectivity index (χ0) is 17.6. The molecular weight excluding hydrogens is 397 g/mol. The maximum atomic E-state index is 11.9. The minimum absolute atomic E-state index is 0.0130. The van der Waals surface area contributed by atoms with Crippen LogP contribution in [-0.4, -0.2) is 67.5 Å². The van der Waals surface area contributed by atoms with Crippen molar-refractivity contribution in [2.75, 3.05) is 25.2 Å². The van der Waals surface area contributed by atoms with Crippen molar-refractivity contribution in [1.82, 2.24) is 19.5 Å². The Labute approximate surface area is 147 Å². The van der Waals surface area contributed by atoms with E-state index in [0.29, 0.717) is 5.65 Å². The lowest BCUT2D eigenvalue weighted by Gasteiger charge is -2.18. The fourth-order valence-electron chi connectivity index (χ4n) is 2.77. The van der Waals surface area contributed by atoms with Crippen molar-refractivity contribution in [3.8, 4) is 0 Å². The summed E-state index contributed by atoms with van der Waals surface area (Å²) in [5.41, 5.74) is 5.75. The molecule has 3 heterocycles. The number of aromatic amines is 1. The molecule has 0 aliphatic carbocycles. The molecule has 0 amide bonds. The van der Waals surface area contributed by atoms with Crippen LogP contribution in [0.15, 0.2) is 11.1 Å². The number of rotatable bonds is 4. The van der Waals surface area contributed by atoms with Gasteiger partial charge in [0.25, 0.3) is 5.56 Å². The summed E-state index contributed by atoms with van der Waals surface area (Å²) in [5.74, 6) is 0.0130. The molecule has 0 unspecified atom stereocenters. The highest BCUT2D eigenvalue weighted by Gasteiger charge is 2.43. The van der Waals surface area contributed by atoms with E-state index in [0.717, 1.165) is 12.6 Å². The number of anilines is 1. The van der Waals surface area contributed by atoms with Crippen molar-refractivity contribution in [1.29, 1.82) is 0 Å². The first kappa shape index (κ1) is 17.7. The van der Waals surface area contributed by atoms with Crippen LogP contribution in [0.5, 0.6) is 0 Å². The maximum Gasteiger partial charge on any atom is 0.280 e. The minimum atomic E-state index is -1.20. The van der Waals surface area contributed by atoms with Gasteiger partial charge in [0.1, 0.15) is 0 Å². The van der Waals surface area contributed by atoms with Crippen LogP contribution in [0.2, 0.25) is 0 Å². The number of nitrogens with two attached hydrogens (primary N) is 1. The molecule has 2 aromatic rings. The SMILES string of the molecule is C=P(C)(C)CC[C@H]1O[C@@H](n2cnc3c(=O)[nH]c(N)nc32)[C@H](Br)[C@@H]1O. The van der Waals surface area contributed by atoms with Gasteiger partial charge in [0.05, 0.1) is 23.4 Å². The Kier molecular flexibility index (Phi) is 4.63. The van der Waals surface area contributed by atoms with Gasteiger partial charge in [-0.05, 0) is 25.9 Å². The summed E-state index contributed by atoms with van der Waals surface area (Å²) in [6, 6.07) is 0. The summed E-state index contributed by atoms with van der Waals surface area (Å²) in [6.45, 7) is 3.11. The highest BCUT2D eigenvalue weighted by atomic mass is 79.9. The largest absolute Gasteiger partial charge is 0.389 e. The number of hydrogen-bond acceptors (Lipinski definition) is 6. The standard InChI is InChI=1S/C14H21BrN5O3P/c1-24(2,3)5-4-7-10(21)8(15)13(23-7)20-6-17-9-11(20)18-14(16)19-12(9)22/h6-8,10,13,21H,1,4-5H2,2-3H3,(H3,16,18,19,22)/t7-,8-,10-,13-/m1/s1. The van der Waals surface area contributed by atoms with Crippen LogP contribution in [0, 0.1) is 0 Å². The predicted octanol–water partition coefficient (Wildman–Crippen LogP) is 0.823. The van der Waals surface area contributed by atoms with E-state index in [1.807, 2.05) is 0 Å². The number of aliphatic hydroxyl groups excluding tert-OH is 1. The summed E-state index contributed by atoms with van der Waals surface area (Å²) in [5, 5.41) is 10.5. The molecule has 1 fully saturated rings. The molecular formula is C14H21BrN5O3P. The third-order valence-corrected chi connectivity index (χ3v) is 6.50. The number of imidazole rings is 1. The van der Waals surface area contributed by atoms with Gasteiger partial charge in [-0.15, -0.1) is 13.2 Å². The van der Waals surface area contributed by atoms with Crippen LogP contribution >= 0.6 is 22.8 Å². The second kappa shape index (κ2) is 6.29. The Bertz CT molecular complexity index is 860. The van der Waals surface area contributed by atoms with E-state index in [9.17, 15) is 9.90 Å². The second-order valence-electron chi connectivity index (χ2n) is 6.72. The Balaban J connectivity index is 1.90. The molecule has 132 valence electrons. The fourth-order valence-corrected chi connectivity index (χ4v) is 4.45. The van der Waals surface area contributed by atoms with Gasteiger partial charge < -0.3 is 15.6 Å². The monoisotopic (exact) mass is 417 g/mol. The van der Waals surface area contributed by atoms with Gasteiger partial charge in [0.2, 0.25) is 5.95 Å². The second-order valence-corrected chi connectivity index (χ2v) is 12.1. The van der Waals surface area contributed by atoms with Crippen LogP contribution in [0.3, 0.4) is 0 Å². The van der Waals surface area contributed by atoms with Crippen molar-refractivity contribution < 1.29 is 9.84 Å². The molecule has 0 radical (unpaired) electrons. The minimum Gasteiger partial charge on any atom is -0.389 e. The molecule has 4 N–H and O–H groups in total. The lowest BCUT2D eigenvalue weighted by molar-refractivity contribution is -0.0174. The van der Waals surface area contributed by atoms with Gasteiger partial charge >= 0.3 is 0 Å². The topological polar surface area (TPSA) is 119 Å². The zero-order valence-electron chi connectivity index (χ0n) is 13.5. The summed E-state index contributed by atoms with van der Waals surface area (Å²) in [4.78, 5) is 22.2. The molecule has 1 saturated heterocycles. The van der Waals surface area contributed by atoms with Crippen LogP contribution < -0.4 is 11.3 Å². The molecule has 1 aliphatic heterocycles. The molecule has 0 saturated carbocycles. The molecule has 2 aromatic heterocycles. The predicted molar refractivity (Wildman–Crippen MR) is 101 cm³/mol. The summed E-state index contributed by atoms with van der Waals surface area (Å²) < 4.78 is 7.67. The molecule has 0 spiro atoms. The first-order valence-electron chi connectivity index (χ1n) is 7.54. The quantitative estimate of drug-likeness (QED) is 0.500. The first-order chi connectivity index (χ1) is 11.2. The van der Waals surface area contributed by atoms with Crippen molar-refractivity contribution in [2.24, 2.45) is 0 Å². The van der Waals surface area contributed by atoms with Crippen molar-refractivity contribution in [3.05, 3.63) is 16.7 Å². The summed E-state index contributed by atoms with van der Waals surface area (Å²) in [7, 11) is 0. The molecule has 1 aliphatic rings. The average molecular weight is 418 g/mol. The molecule has 0 aromatic carbocycles. The van der Waals surface area contributed by atoms with E-state index in [1.54, 1.807) is 4.57 Å². The lowest BCUT2D eigenvalue weighted by Crippen LogP contribution is -2.28. The van der Waals surface area contributed by atoms with E-state index in [2.05, 4.69) is 50.5 Å². The number of aliphatic hydroxyl groups is 1. The molecule has 8 nitrogen and oxygen atoms in total. The summed E-state index contributed by atoms with van der Waals surface area (Å²) in [6.07, 6.45) is 5.84. The fraction of sp³-hybridized carbons (Fsp3) is 0.571. The lowest BCUT2D eigenvalue weighted by atomic mass is 10.1. The highest BCUT2D eigenvalue weighted by Crippen LogP contribution is 2.41. The number of fused-ring (bicyclic) bond motifs is 1. The van der Waals surface area contributed by atoms with Gasteiger partial charge in [-0.1, -0.05) is 15.9 Å². The van der Waals surface area contributed by atoms with Gasteiger partial charge in [-0.2, -0.15) is 4.98 Å². The Morgan fingerprint density at radius 3 is 2.96 bits per heavy atom. The number of aromatic nitrogens is 4. The number of hydrogen-bond donors (Lipinski definition) is 3. The molecule has 24 heavy (non-hydrogen) atoms. The first-order valence-corrected chi connectivity index (χ1v) is 11.5. The van der Waals surface area contributed by atoms with Gasteiger partial charge in [0, 0.05) is 0 Å². The van der Waals surface area contributed by atoms with Crippen molar-refractivity contribution in [3.63, 3.8) is 0 Å². The van der Waals surface area contributed by atoms with Crippen molar-refractivity contribution in [2.45, 2.75) is 29.7 Å². The van der Waals surface area contributed by atoms with E-state index in [-0.39, 0.29) is 22.4 Å². The van der Waals surface area contributed by atoms with Crippen LogP contribution in [0.25, 0.3) is 11.2 Å². The normalized spacial score (nSPS) is 27.8. The van der Waals surface area contributed by atoms with Crippen LogP contribution in [0.4, 0.5) is 5.95 Å². The third-order valence-electron chi connectivity index (χ3n) is 4.04. The molecule has 3 rings (SSSR count). The van der Waals surface area contributed by atoms with E-state index < -0.39 is 24.8 Å². The van der Waals surface area contributed by atoms with Crippen molar-refractivity contribution >= 4 is 46.2 Å². The molecule has 10 heteroatoms. The number of alkyl halides is 1. The number of halogens is 1. The number of ether oxygens (including phenoxy) is 1. The molecule has 0 bridgehead atoms. The Morgan fingerprint density at radius 2 is 2.29 bits per heavy atom. The number of H-pyrrole nitrogens is 1. The number of nitrogens with zero attached hydrogens (tertiary/aromatic N) is 3. The smallest absolute Gasteiger partial charge is 0.280 e. The van der Waals surface area contributed by atoms with Crippen LogP contribution in [0.1, 0.15) is 12.6 Å².